The van der Waals surface area contributed by atoms with E-state index in [-0.39, 0.29) is 11.8 Å². The quantitative estimate of drug-likeness (QED) is 0.746. The van der Waals surface area contributed by atoms with E-state index in [1.54, 1.807) is 0 Å². The van der Waals surface area contributed by atoms with Gasteiger partial charge in [0.05, 0.1) is 6.42 Å². The first-order valence-corrected chi connectivity index (χ1v) is 6.03. The summed E-state index contributed by atoms with van der Waals surface area (Å²) in [6, 6.07) is 0. The monoisotopic (exact) mass is 211 g/mol. The Hall–Kier alpha value is -0.570. The number of carbonyl (C=O) groups is 1. The molecule has 0 aromatic heterocycles. The van der Waals surface area contributed by atoms with Crippen molar-refractivity contribution in [1.82, 2.24) is 0 Å². The molecule has 15 heavy (non-hydrogen) atoms. The molecule has 0 aliphatic heterocycles. The summed E-state index contributed by atoms with van der Waals surface area (Å²) >= 11 is 0. The van der Waals surface area contributed by atoms with Crippen molar-refractivity contribution in [2.45, 2.75) is 39.0 Å². The van der Waals surface area contributed by atoms with Crippen LogP contribution in [0.25, 0.3) is 0 Å². The molecule has 0 spiro atoms. The SMILES string of the molecule is CCC1C[C@@H]2C[C@](CN)(CC(=O)O)[C@@H]2C1. The second-order valence-corrected chi connectivity index (χ2v) is 5.45. The highest BCUT2D eigenvalue weighted by Crippen LogP contribution is 2.62. The van der Waals surface area contributed by atoms with E-state index in [4.69, 9.17) is 10.8 Å². The van der Waals surface area contributed by atoms with Crippen LogP contribution in [0, 0.1) is 23.2 Å². The number of rotatable bonds is 4. The molecular weight excluding hydrogens is 190 g/mol. The number of fused-ring (bicyclic) bond motifs is 1. The van der Waals surface area contributed by atoms with Gasteiger partial charge < -0.3 is 10.8 Å². The van der Waals surface area contributed by atoms with Gasteiger partial charge in [-0.15, -0.1) is 0 Å². The van der Waals surface area contributed by atoms with Crippen LogP contribution in [0.2, 0.25) is 0 Å². The molecule has 0 aromatic carbocycles. The fourth-order valence-corrected chi connectivity index (χ4v) is 3.87. The lowest BCUT2D eigenvalue weighted by Crippen LogP contribution is -2.51. The van der Waals surface area contributed by atoms with Crippen LogP contribution >= 0.6 is 0 Å². The maximum Gasteiger partial charge on any atom is 0.303 e. The Morgan fingerprint density at radius 2 is 2.27 bits per heavy atom. The van der Waals surface area contributed by atoms with Crippen LogP contribution in [0.1, 0.15) is 39.0 Å². The van der Waals surface area contributed by atoms with E-state index in [1.807, 2.05) is 0 Å². The van der Waals surface area contributed by atoms with Gasteiger partial charge in [0.2, 0.25) is 0 Å². The van der Waals surface area contributed by atoms with Gasteiger partial charge in [0.25, 0.3) is 0 Å². The molecule has 0 amide bonds. The van der Waals surface area contributed by atoms with Crippen LogP contribution in [0.15, 0.2) is 0 Å². The second kappa shape index (κ2) is 3.78. The average molecular weight is 211 g/mol. The van der Waals surface area contributed by atoms with Gasteiger partial charge in [-0.3, -0.25) is 4.79 Å². The van der Waals surface area contributed by atoms with Crippen molar-refractivity contribution in [3.05, 3.63) is 0 Å². The zero-order chi connectivity index (χ0) is 11.1. The van der Waals surface area contributed by atoms with Gasteiger partial charge in [-0.25, -0.2) is 0 Å². The minimum Gasteiger partial charge on any atom is -0.481 e. The largest absolute Gasteiger partial charge is 0.481 e. The van der Waals surface area contributed by atoms with Crippen LogP contribution in [0.5, 0.6) is 0 Å². The molecule has 0 saturated heterocycles. The van der Waals surface area contributed by atoms with Crippen molar-refractivity contribution in [2.75, 3.05) is 6.54 Å². The molecule has 2 rings (SSSR count). The molecule has 3 N–H and O–H groups in total. The Bertz CT molecular complexity index is 266. The third-order valence-electron chi connectivity index (χ3n) is 4.73. The Morgan fingerprint density at radius 3 is 2.80 bits per heavy atom. The Labute approximate surface area is 91.0 Å². The molecule has 0 bridgehead atoms. The Morgan fingerprint density at radius 1 is 1.53 bits per heavy atom. The van der Waals surface area contributed by atoms with Crippen LogP contribution in [0.3, 0.4) is 0 Å². The van der Waals surface area contributed by atoms with Gasteiger partial charge in [0.1, 0.15) is 0 Å². The maximum atomic E-state index is 10.9. The molecule has 2 aliphatic carbocycles. The van der Waals surface area contributed by atoms with E-state index in [2.05, 4.69) is 6.92 Å². The van der Waals surface area contributed by atoms with E-state index >= 15 is 0 Å². The molecule has 3 heteroatoms. The molecule has 2 saturated carbocycles. The molecule has 0 heterocycles. The number of hydrogen-bond acceptors (Lipinski definition) is 2. The first-order chi connectivity index (χ1) is 7.11. The molecule has 0 aromatic rings. The summed E-state index contributed by atoms with van der Waals surface area (Å²) in [4.78, 5) is 10.9. The molecule has 86 valence electrons. The molecule has 0 radical (unpaired) electrons. The van der Waals surface area contributed by atoms with Gasteiger partial charge in [-0.2, -0.15) is 0 Å². The molecule has 3 nitrogen and oxygen atoms in total. The standard InChI is InChI=1S/C12H21NO2/c1-2-8-3-9-5-12(7-13,6-11(14)15)10(9)4-8/h8-10H,2-7,13H2,1H3,(H,14,15)/t8?,9-,10-,12-/m1/s1. The zero-order valence-electron chi connectivity index (χ0n) is 9.41. The number of hydrogen-bond donors (Lipinski definition) is 2. The fourth-order valence-electron chi connectivity index (χ4n) is 3.87. The minimum absolute atomic E-state index is 0.0551. The summed E-state index contributed by atoms with van der Waals surface area (Å²) in [7, 11) is 0. The van der Waals surface area contributed by atoms with E-state index < -0.39 is 5.97 Å². The molecule has 2 aliphatic rings. The number of nitrogens with two attached hydrogens (primary N) is 1. The third-order valence-corrected chi connectivity index (χ3v) is 4.73. The maximum absolute atomic E-state index is 10.9. The first-order valence-electron chi connectivity index (χ1n) is 6.03. The van der Waals surface area contributed by atoms with Crippen LogP contribution in [-0.2, 0) is 4.79 Å². The summed E-state index contributed by atoms with van der Waals surface area (Å²) in [5.41, 5.74) is 5.74. The summed E-state index contributed by atoms with van der Waals surface area (Å²) in [5, 5.41) is 8.93. The van der Waals surface area contributed by atoms with Crippen molar-refractivity contribution >= 4 is 5.97 Å². The van der Waals surface area contributed by atoms with Gasteiger partial charge in [-0.1, -0.05) is 13.3 Å². The second-order valence-electron chi connectivity index (χ2n) is 5.45. The van der Waals surface area contributed by atoms with E-state index in [0.717, 1.165) is 18.3 Å². The highest BCUT2D eigenvalue weighted by molar-refractivity contribution is 5.68. The Kier molecular flexibility index (Phi) is 2.75. The van der Waals surface area contributed by atoms with Gasteiger partial charge in [0, 0.05) is 0 Å². The highest BCUT2D eigenvalue weighted by Gasteiger charge is 2.57. The summed E-state index contributed by atoms with van der Waals surface area (Å²) < 4.78 is 0. The number of carboxylic acids is 1. The average Bonchev–Trinajstić information content (AvgIpc) is 2.53. The van der Waals surface area contributed by atoms with E-state index in [0.29, 0.717) is 12.5 Å². The van der Waals surface area contributed by atoms with Gasteiger partial charge >= 0.3 is 5.97 Å². The normalized spacial score (nSPS) is 43.5. The highest BCUT2D eigenvalue weighted by atomic mass is 16.4. The van der Waals surface area contributed by atoms with Gasteiger partial charge in [-0.05, 0) is 49.0 Å². The lowest BCUT2D eigenvalue weighted by molar-refractivity contribution is -0.145. The Balaban J connectivity index is 2.03. The lowest BCUT2D eigenvalue weighted by Gasteiger charge is -2.51. The minimum atomic E-state index is -0.682. The molecule has 1 unspecified atom stereocenters. The van der Waals surface area contributed by atoms with E-state index in [1.165, 1.54) is 19.3 Å². The van der Waals surface area contributed by atoms with Crippen molar-refractivity contribution in [1.29, 1.82) is 0 Å². The number of aliphatic carboxylic acids is 1. The van der Waals surface area contributed by atoms with Crippen molar-refractivity contribution < 1.29 is 9.90 Å². The fraction of sp³-hybridized carbons (Fsp3) is 0.917. The van der Waals surface area contributed by atoms with Crippen LogP contribution in [0.4, 0.5) is 0 Å². The summed E-state index contributed by atoms with van der Waals surface area (Å²) in [6.45, 7) is 2.79. The third kappa shape index (κ3) is 1.67. The van der Waals surface area contributed by atoms with Crippen LogP contribution < -0.4 is 5.73 Å². The lowest BCUT2D eigenvalue weighted by atomic mass is 9.53. The predicted molar refractivity (Wildman–Crippen MR) is 58.4 cm³/mol. The topological polar surface area (TPSA) is 63.3 Å². The van der Waals surface area contributed by atoms with Crippen LogP contribution in [-0.4, -0.2) is 17.6 Å². The smallest absolute Gasteiger partial charge is 0.303 e. The predicted octanol–water partition coefficient (Wildman–Crippen LogP) is 1.86. The molecule has 4 atom stereocenters. The number of carboxylic acid groups (broad SMARTS) is 1. The van der Waals surface area contributed by atoms with Crippen molar-refractivity contribution in [3.8, 4) is 0 Å². The van der Waals surface area contributed by atoms with E-state index in [9.17, 15) is 4.79 Å². The molecular formula is C12H21NO2. The van der Waals surface area contributed by atoms with Gasteiger partial charge in [0.15, 0.2) is 0 Å². The first kappa shape index (κ1) is 10.9. The summed E-state index contributed by atoms with van der Waals surface area (Å²) in [5.74, 6) is 1.52. The zero-order valence-corrected chi connectivity index (χ0v) is 9.41. The molecule has 2 fully saturated rings. The van der Waals surface area contributed by atoms with Crippen molar-refractivity contribution in [2.24, 2.45) is 28.9 Å². The summed E-state index contributed by atoms with van der Waals surface area (Å²) in [6.07, 6.45) is 5.09. The van der Waals surface area contributed by atoms with Crippen molar-refractivity contribution in [3.63, 3.8) is 0 Å².